The summed E-state index contributed by atoms with van der Waals surface area (Å²) in [6.45, 7) is 8.86. The SMILES string of the molecule is Cc1ccccc1NC(=O)C(c1ccccc1C)N(C(=O)C(CC(N)=O)NC(=O)OC(C)(C)C)C1CCC1. The van der Waals surface area contributed by atoms with E-state index < -0.39 is 42.0 Å². The van der Waals surface area contributed by atoms with Gasteiger partial charge in [0.05, 0.1) is 6.42 Å². The van der Waals surface area contributed by atoms with Crippen LogP contribution in [0.15, 0.2) is 48.5 Å². The second-order valence-corrected chi connectivity index (χ2v) is 10.8. The van der Waals surface area contributed by atoms with Crippen LogP contribution >= 0.6 is 0 Å². The first-order chi connectivity index (χ1) is 17.9. The normalized spacial score (nSPS) is 15.0. The second kappa shape index (κ2) is 12.1. The number of amides is 4. The van der Waals surface area contributed by atoms with Crippen molar-refractivity contribution >= 4 is 29.5 Å². The van der Waals surface area contributed by atoms with Crippen LogP contribution in [0.5, 0.6) is 0 Å². The summed E-state index contributed by atoms with van der Waals surface area (Å²) in [7, 11) is 0. The Labute approximate surface area is 224 Å². The molecule has 0 bridgehead atoms. The molecule has 1 aliphatic rings. The van der Waals surface area contributed by atoms with Crippen molar-refractivity contribution in [3.8, 4) is 0 Å². The maximum absolute atomic E-state index is 14.1. The van der Waals surface area contributed by atoms with Crippen molar-refractivity contribution in [2.24, 2.45) is 5.73 Å². The van der Waals surface area contributed by atoms with E-state index in [-0.39, 0.29) is 11.9 Å². The molecule has 2 aromatic carbocycles. The number of alkyl carbamates (subject to hydrolysis) is 1. The predicted molar refractivity (Wildman–Crippen MR) is 145 cm³/mol. The van der Waals surface area contributed by atoms with Gasteiger partial charge >= 0.3 is 6.09 Å². The summed E-state index contributed by atoms with van der Waals surface area (Å²) < 4.78 is 5.33. The van der Waals surface area contributed by atoms with Gasteiger partial charge in [-0.05, 0) is 76.6 Å². The lowest BCUT2D eigenvalue weighted by Crippen LogP contribution is -2.57. The van der Waals surface area contributed by atoms with Gasteiger partial charge in [0.1, 0.15) is 17.7 Å². The fourth-order valence-electron chi connectivity index (χ4n) is 4.44. The van der Waals surface area contributed by atoms with Crippen LogP contribution in [0.2, 0.25) is 0 Å². The minimum Gasteiger partial charge on any atom is -0.444 e. The molecule has 0 aliphatic heterocycles. The Morgan fingerprint density at radius 3 is 2.13 bits per heavy atom. The fourth-order valence-corrected chi connectivity index (χ4v) is 4.44. The predicted octanol–water partition coefficient (Wildman–Crippen LogP) is 4.13. The third-order valence-corrected chi connectivity index (χ3v) is 6.53. The summed E-state index contributed by atoms with van der Waals surface area (Å²) in [6, 6.07) is 12.3. The van der Waals surface area contributed by atoms with Crippen LogP contribution in [0.3, 0.4) is 0 Å². The highest BCUT2D eigenvalue weighted by molar-refractivity contribution is 6.00. The Morgan fingerprint density at radius 1 is 1.00 bits per heavy atom. The first-order valence-corrected chi connectivity index (χ1v) is 12.9. The summed E-state index contributed by atoms with van der Waals surface area (Å²) in [5.41, 5.74) is 7.67. The quantitative estimate of drug-likeness (QED) is 0.456. The van der Waals surface area contributed by atoms with E-state index in [1.165, 1.54) is 4.90 Å². The van der Waals surface area contributed by atoms with Crippen molar-refractivity contribution in [3.05, 3.63) is 65.2 Å². The van der Waals surface area contributed by atoms with E-state index in [4.69, 9.17) is 10.5 Å². The third-order valence-electron chi connectivity index (χ3n) is 6.53. The Bertz CT molecular complexity index is 1190. The number of carbonyl (C=O) groups is 4. The molecular formula is C29H38N4O5. The maximum Gasteiger partial charge on any atom is 0.408 e. The molecule has 9 heteroatoms. The Hall–Kier alpha value is -3.88. The molecular weight excluding hydrogens is 484 g/mol. The number of nitrogens with two attached hydrogens (primary N) is 1. The van der Waals surface area contributed by atoms with Crippen molar-refractivity contribution in [3.63, 3.8) is 0 Å². The summed E-state index contributed by atoms with van der Waals surface area (Å²) in [5.74, 6) is -1.71. The zero-order chi connectivity index (χ0) is 28.0. The first-order valence-electron chi connectivity index (χ1n) is 12.9. The standard InChI is InChI=1S/C29H38N4O5/c1-18-11-6-8-15-21(18)25(26(35)31-22-16-9-7-12-19(22)2)33(20-13-10-14-20)27(36)23(17-24(30)34)32-28(37)38-29(3,4)5/h6-9,11-12,15-16,20,23,25H,10,13-14,17H2,1-5H3,(H2,30,34)(H,31,35)(H,32,37). The lowest BCUT2D eigenvalue weighted by Gasteiger charge is -2.43. The Balaban J connectivity index is 2.04. The molecule has 0 heterocycles. The number of rotatable bonds is 9. The van der Waals surface area contributed by atoms with E-state index in [0.717, 1.165) is 17.5 Å². The van der Waals surface area contributed by atoms with E-state index in [1.54, 1.807) is 26.8 Å². The van der Waals surface area contributed by atoms with Gasteiger partial charge in [0, 0.05) is 11.7 Å². The second-order valence-electron chi connectivity index (χ2n) is 10.8. The molecule has 38 heavy (non-hydrogen) atoms. The molecule has 9 nitrogen and oxygen atoms in total. The van der Waals surface area contributed by atoms with Crippen LogP contribution in [-0.4, -0.2) is 46.4 Å². The van der Waals surface area contributed by atoms with Gasteiger partial charge in [0.25, 0.3) is 5.91 Å². The van der Waals surface area contributed by atoms with Crippen LogP contribution in [-0.2, 0) is 19.1 Å². The molecule has 4 N–H and O–H groups in total. The third kappa shape index (κ3) is 7.34. The lowest BCUT2D eigenvalue weighted by molar-refractivity contribution is -0.146. The summed E-state index contributed by atoms with van der Waals surface area (Å²) >= 11 is 0. The molecule has 0 aromatic heterocycles. The van der Waals surface area contributed by atoms with Gasteiger partial charge in [-0.1, -0.05) is 42.5 Å². The van der Waals surface area contributed by atoms with Crippen LogP contribution in [0.4, 0.5) is 10.5 Å². The number of hydrogen-bond donors (Lipinski definition) is 3. The van der Waals surface area contributed by atoms with Gasteiger partial charge in [0.15, 0.2) is 0 Å². The molecule has 3 rings (SSSR count). The zero-order valence-corrected chi connectivity index (χ0v) is 22.7. The van der Waals surface area contributed by atoms with Crippen LogP contribution < -0.4 is 16.4 Å². The molecule has 0 saturated heterocycles. The average Bonchev–Trinajstić information content (AvgIpc) is 2.77. The highest BCUT2D eigenvalue weighted by atomic mass is 16.6. The van der Waals surface area contributed by atoms with Crippen molar-refractivity contribution in [2.45, 2.75) is 84.0 Å². The molecule has 0 radical (unpaired) electrons. The van der Waals surface area contributed by atoms with Crippen LogP contribution in [0.25, 0.3) is 0 Å². The topological polar surface area (TPSA) is 131 Å². The van der Waals surface area contributed by atoms with E-state index in [2.05, 4.69) is 10.6 Å². The Kier molecular flexibility index (Phi) is 9.14. The maximum atomic E-state index is 14.1. The minimum absolute atomic E-state index is 0.245. The van der Waals surface area contributed by atoms with Crippen molar-refractivity contribution in [1.82, 2.24) is 10.2 Å². The number of para-hydroxylation sites is 1. The highest BCUT2D eigenvalue weighted by Crippen LogP contribution is 2.35. The monoisotopic (exact) mass is 522 g/mol. The molecule has 0 spiro atoms. The molecule has 2 unspecified atom stereocenters. The number of ether oxygens (including phenoxy) is 1. The van der Waals surface area contributed by atoms with Crippen molar-refractivity contribution in [2.75, 3.05) is 5.32 Å². The summed E-state index contributed by atoms with van der Waals surface area (Å²) in [4.78, 5) is 54.1. The van der Waals surface area contributed by atoms with E-state index >= 15 is 0 Å². The van der Waals surface area contributed by atoms with Gasteiger partial charge in [-0.25, -0.2) is 4.79 Å². The van der Waals surface area contributed by atoms with Gasteiger partial charge < -0.3 is 26.0 Å². The van der Waals surface area contributed by atoms with Gasteiger partial charge in [-0.3, -0.25) is 14.4 Å². The van der Waals surface area contributed by atoms with Crippen molar-refractivity contribution in [1.29, 1.82) is 0 Å². The number of hydrogen-bond acceptors (Lipinski definition) is 5. The van der Waals surface area contributed by atoms with Crippen molar-refractivity contribution < 1.29 is 23.9 Å². The van der Waals surface area contributed by atoms with Gasteiger partial charge in [0.2, 0.25) is 11.8 Å². The molecule has 1 fully saturated rings. The smallest absolute Gasteiger partial charge is 0.408 e. The lowest BCUT2D eigenvalue weighted by atomic mass is 9.87. The summed E-state index contributed by atoms with van der Waals surface area (Å²) in [5, 5.41) is 5.51. The van der Waals surface area contributed by atoms with Gasteiger partial charge in [-0.2, -0.15) is 0 Å². The fraction of sp³-hybridized carbons (Fsp3) is 0.448. The number of carbonyl (C=O) groups excluding carboxylic acids is 4. The van der Waals surface area contributed by atoms with Gasteiger partial charge in [-0.15, -0.1) is 0 Å². The van der Waals surface area contributed by atoms with E-state index in [1.807, 2.05) is 56.3 Å². The number of anilines is 1. The Morgan fingerprint density at radius 2 is 1.61 bits per heavy atom. The molecule has 1 saturated carbocycles. The number of nitrogens with zero attached hydrogens (tertiary/aromatic N) is 1. The first kappa shape index (κ1) is 28.7. The largest absolute Gasteiger partial charge is 0.444 e. The van der Waals surface area contributed by atoms with E-state index in [0.29, 0.717) is 24.1 Å². The number of benzene rings is 2. The molecule has 2 atom stereocenters. The molecule has 4 amide bonds. The van der Waals surface area contributed by atoms with Crippen LogP contribution in [0.1, 0.15) is 69.2 Å². The zero-order valence-electron chi connectivity index (χ0n) is 22.7. The summed E-state index contributed by atoms with van der Waals surface area (Å²) in [6.07, 6.45) is 1.01. The molecule has 204 valence electrons. The van der Waals surface area contributed by atoms with E-state index in [9.17, 15) is 19.2 Å². The number of primary amides is 1. The van der Waals surface area contributed by atoms with Crippen LogP contribution in [0, 0.1) is 13.8 Å². The average molecular weight is 523 g/mol. The molecule has 2 aromatic rings. The number of nitrogens with one attached hydrogen (secondary N) is 2. The highest BCUT2D eigenvalue weighted by Gasteiger charge is 2.42. The molecule has 1 aliphatic carbocycles. The number of aryl methyl sites for hydroxylation is 2. The minimum atomic E-state index is -1.29.